The minimum atomic E-state index is -0.348. The minimum absolute atomic E-state index is 0.138. The van der Waals surface area contributed by atoms with E-state index >= 15 is 0 Å². The number of nitrogens with one attached hydrogen (secondary N) is 1. The molecule has 8 heteroatoms. The molecule has 1 heterocycles. The lowest BCUT2D eigenvalue weighted by molar-refractivity contribution is -0.135. The van der Waals surface area contributed by atoms with E-state index in [-0.39, 0.29) is 43.3 Å². The molecule has 1 N–H and O–H groups in total. The van der Waals surface area contributed by atoms with Crippen molar-refractivity contribution in [1.29, 1.82) is 0 Å². The highest BCUT2D eigenvalue weighted by Gasteiger charge is 2.30. The summed E-state index contributed by atoms with van der Waals surface area (Å²) in [5, 5.41) is 2.82. The first-order valence-electron chi connectivity index (χ1n) is 9.61. The molecule has 30 heavy (non-hydrogen) atoms. The number of amides is 3. The van der Waals surface area contributed by atoms with Gasteiger partial charge in [-0.05, 0) is 31.2 Å². The maximum absolute atomic E-state index is 13.1. The number of anilines is 2. The van der Waals surface area contributed by atoms with Gasteiger partial charge >= 0.3 is 0 Å². The van der Waals surface area contributed by atoms with E-state index in [0.29, 0.717) is 22.9 Å². The first kappa shape index (κ1) is 21.2. The molecule has 8 nitrogen and oxygen atoms in total. The Morgan fingerprint density at radius 2 is 1.80 bits per heavy atom. The zero-order valence-electron chi connectivity index (χ0n) is 17.3. The van der Waals surface area contributed by atoms with E-state index in [1.807, 2.05) is 6.92 Å². The Hall–Kier alpha value is -3.55. The molecule has 1 atom stereocenters. The van der Waals surface area contributed by atoms with Crippen molar-refractivity contribution < 1.29 is 23.9 Å². The molecule has 0 aliphatic carbocycles. The summed E-state index contributed by atoms with van der Waals surface area (Å²) in [6.07, 6.45) is 0.176. The van der Waals surface area contributed by atoms with Crippen LogP contribution < -0.4 is 19.7 Å². The van der Waals surface area contributed by atoms with E-state index in [1.54, 1.807) is 60.5 Å². The normalized spacial score (nSPS) is 15.5. The Balaban J connectivity index is 1.67. The summed E-state index contributed by atoms with van der Waals surface area (Å²) in [5.74, 6) is 0.197. The van der Waals surface area contributed by atoms with Crippen LogP contribution in [0, 0.1) is 0 Å². The number of ether oxygens (including phenoxy) is 2. The molecule has 0 unspecified atom stereocenters. The van der Waals surface area contributed by atoms with Gasteiger partial charge in [-0.15, -0.1) is 0 Å². The first-order chi connectivity index (χ1) is 14.4. The fourth-order valence-corrected chi connectivity index (χ4v) is 3.32. The molecule has 3 amide bonds. The van der Waals surface area contributed by atoms with E-state index in [0.717, 1.165) is 0 Å². The minimum Gasteiger partial charge on any atom is -0.493 e. The van der Waals surface area contributed by atoms with Gasteiger partial charge in [-0.1, -0.05) is 24.3 Å². The molecule has 2 aromatic rings. The van der Waals surface area contributed by atoms with Crippen molar-refractivity contribution in [2.45, 2.75) is 19.4 Å². The average Bonchev–Trinajstić information content (AvgIpc) is 2.86. The zero-order chi connectivity index (χ0) is 21.7. The fraction of sp³-hybridized carbons (Fsp3) is 0.318. The van der Waals surface area contributed by atoms with Crippen LogP contribution >= 0.6 is 0 Å². The number of hydrogen-bond donors (Lipinski definition) is 1. The fourth-order valence-electron chi connectivity index (χ4n) is 3.32. The van der Waals surface area contributed by atoms with Gasteiger partial charge in [0.15, 0.2) is 18.1 Å². The third-order valence-corrected chi connectivity index (χ3v) is 4.85. The van der Waals surface area contributed by atoms with E-state index in [4.69, 9.17) is 9.47 Å². The predicted octanol–water partition coefficient (Wildman–Crippen LogP) is 2.30. The number of carbonyl (C=O) groups excluding carboxylic acids is 3. The topological polar surface area (TPSA) is 88.2 Å². The Morgan fingerprint density at radius 3 is 2.53 bits per heavy atom. The quantitative estimate of drug-likeness (QED) is 0.788. The lowest BCUT2D eigenvalue weighted by Gasteiger charge is -2.29. The number of para-hydroxylation sites is 4. The van der Waals surface area contributed by atoms with Crippen LogP contribution in [-0.4, -0.2) is 56.0 Å². The Labute approximate surface area is 175 Å². The van der Waals surface area contributed by atoms with Gasteiger partial charge < -0.3 is 24.6 Å². The smallest absolute Gasteiger partial charge is 0.260 e. The number of methoxy groups -OCH3 is 1. The van der Waals surface area contributed by atoms with Gasteiger partial charge in [-0.25, -0.2) is 0 Å². The largest absolute Gasteiger partial charge is 0.493 e. The van der Waals surface area contributed by atoms with Gasteiger partial charge in [0.25, 0.3) is 5.91 Å². The van der Waals surface area contributed by atoms with Crippen LogP contribution in [0.2, 0.25) is 0 Å². The molecule has 0 radical (unpaired) electrons. The number of fused-ring (bicyclic) bond motifs is 1. The van der Waals surface area contributed by atoms with Crippen LogP contribution in [0.4, 0.5) is 11.4 Å². The van der Waals surface area contributed by atoms with Crippen molar-refractivity contribution in [2.75, 3.05) is 37.5 Å². The number of carbonyl (C=O) groups is 3. The van der Waals surface area contributed by atoms with Gasteiger partial charge in [-0.2, -0.15) is 0 Å². The summed E-state index contributed by atoms with van der Waals surface area (Å²) in [5.41, 5.74) is 1.20. The molecule has 158 valence electrons. The number of nitrogens with zero attached hydrogens (tertiary/aromatic N) is 2. The van der Waals surface area contributed by atoms with Crippen LogP contribution in [0.5, 0.6) is 11.5 Å². The van der Waals surface area contributed by atoms with Gasteiger partial charge in [0.05, 0.1) is 25.0 Å². The number of likely N-dealkylation sites (N-methyl/N-ethyl adjacent to an activating group) is 1. The van der Waals surface area contributed by atoms with Crippen molar-refractivity contribution in [2.24, 2.45) is 0 Å². The van der Waals surface area contributed by atoms with Crippen molar-refractivity contribution >= 4 is 29.1 Å². The molecule has 0 saturated carbocycles. The number of benzene rings is 2. The molecule has 0 spiro atoms. The van der Waals surface area contributed by atoms with Gasteiger partial charge in [0.2, 0.25) is 11.8 Å². The number of hydrogen-bond acceptors (Lipinski definition) is 5. The Kier molecular flexibility index (Phi) is 6.56. The summed E-state index contributed by atoms with van der Waals surface area (Å²) in [6.45, 7) is 1.45. The van der Waals surface area contributed by atoms with Gasteiger partial charge in [-0.3, -0.25) is 14.4 Å². The molecule has 0 aromatic heterocycles. The van der Waals surface area contributed by atoms with E-state index in [9.17, 15) is 14.4 Å². The maximum atomic E-state index is 13.1. The van der Waals surface area contributed by atoms with Crippen molar-refractivity contribution in [1.82, 2.24) is 4.90 Å². The molecule has 3 rings (SSSR count). The van der Waals surface area contributed by atoms with Crippen LogP contribution in [0.1, 0.15) is 13.3 Å². The van der Waals surface area contributed by atoms with E-state index in [2.05, 4.69) is 5.32 Å². The van der Waals surface area contributed by atoms with Crippen LogP contribution in [0.15, 0.2) is 48.5 Å². The summed E-state index contributed by atoms with van der Waals surface area (Å²) in [7, 11) is 3.07. The molecule has 0 bridgehead atoms. The summed E-state index contributed by atoms with van der Waals surface area (Å²) in [6, 6.07) is 13.8. The molecule has 0 fully saturated rings. The summed E-state index contributed by atoms with van der Waals surface area (Å²) in [4.78, 5) is 40.5. The van der Waals surface area contributed by atoms with Gasteiger partial charge in [0.1, 0.15) is 0 Å². The zero-order valence-corrected chi connectivity index (χ0v) is 17.3. The standard InChI is InChI=1S/C22H25N3O5/c1-15-12-20(26)23-16-8-4-5-9-17(16)25(15)21(27)13-24(2)22(28)14-30-19-11-7-6-10-18(19)29-3/h4-11,15H,12-14H2,1-3H3,(H,23,26)/t15-/m1/s1. The van der Waals surface area contributed by atoms with E-state index in [1.165, 1.54) is 12.0 Å². The molecule has 0 saturated heterocycles. The predicted molar refractivity (Wildman–Crippen MR) is 113 cm³/mol. The highest BCUT2D eigenvalue weighted by atomic mass is 16.5. The Morgan fingerprint density at radius 1 is 1.13 bits per heavy atom. The Bertz CT molecular complexity index is 946. The summed E-state index contributed by atoms with van der Waals surface area (Å²) < 4.78 is 10.8. The second-order valence-electron chi connectivity index (χ2n) is 7.07. The molecule has 2 aromatic carbocycles. The van der Waals surface area contributed by atoms with Crippen molar-refractivity contribution in [3.63, 3.8) is 0 Å². The van der Waals surface area contributed by atoms with Crippen LogP contribution in [0.25, 0.3) is 0 Å². The van der Waals surface area contributed by atoms with Crippen molar-refractivity contribution in [3.8, 4) is 11.5 Å². The molecule has 1 aliphatic heterocycles. The highest BCUT2D eigenvalue weighted by Crippen LogP contribution is 2.31. The van der Waals surface area contributed by atoms with Crippen LogP contribution in [0.3, 0.4) is 0 Å². The van der Waals surface area contributed by atoms with Crippen LogP contribution in [-0.2, 0) is 14.4 Å². The lowest BCUT2D eigenvalue weighted by Crippen LogP contribution is -2.46. The van der Waals surface area contributed by atoms with E-state index < -0.39 is 0 Å². The first-order valence-corrected chi connectivity index (χ1v) is 9.61. The van der Waals surface area contributed by atoms with Crippen molar-refractivity contribution in [3.05, 3.63) is 48.5 Å². The third-order valence-electron chi connectivity index (χ3n) is 4.85. The third kappa shape index (κ3) is 4.71. The second kappa shape index (κ2) is 9.30. The second-order valence-corrected chi connectivity index (χ2v) is 7.07. The highest BCUT2D eigenvalue weighted by molar-refractivity contribution is 6.05. The maximum Gasteiger partial charge on any atom is 0.260 e. The molecule has 1 aliphatic rings. The monoisotopic (exact) mass is 411 g/mol. The molecular formula is C22H25N3O5. The SMILES string of the molecule is COc1ccccc1OCC(=O)N(C)CC(=O)N1c2ccccc2NC(=O)C[C@H]1C. The lowest BCUT2D eigenvalue weighted by atomic mass is 10.1. The van der Waals surface area contributed by atoms with Gasteiger partial charge in [0, 0.05) is 19.5 Å². The summed E-state index contributed by atoms with van der Waals surface area (Å²) >= 11 is 0. The number of rotatable bonds is 6. The average molecular weight is 411 g/mol. The molecular weight excluding hydrogens is 386 g/mol.